The maximum absolute atomic E-state index is 13.4. The number of anilines is 1. The summed E-state index contributed by atoms with van der Waals surface area (Å²) >= 11 is 0. The van der Waals surface area contributed by atoms with Crippen molar-refractivity contribution in [3.05, 3.63) is 23.4 Å². The molecule has 4 nitrogen and oxygen atoms in total. The van der Waals surface area contributed by atoms with E-state index in [9.17, 15) is 13.6 Å². The zero-order valence-corrected chi connectivity index (χ0v) is 10.8. The van der Waals surface area contributed by atoms with E-state index in [4.69, 9.17) is 0 Å². The number of carbonyl (C=O) groups is 1. The van der Waals surface area contributed by atoms with Gasteiger partial charge in [0.1, 0.15) is 17.2 Å². The van der Waals surface area contributed by atoms with Gasteiger partial charge in [-0.15, -0.1) is 0 Å². The maximum Gasteiger partial charge on any atom is 0.228 e. The van der Waals surface area contributed by atoms with Crippen molar-refractivity contribution in [2.75, 3.05) is 25.0 Å². The molecule has 0 bridgehead atoms. The molecule has 0 aromatic carbocycles. The minimum Gasteiger partial charge on any atom is -0.365 e. The Kier molecular flexibility index (Phi) is 4.42. The minimum absolute atomic E-state index is 0.136. The van der Waals surface area contributed by atoms with Crippen LogP contribution < -0.4 is 5.32 Å². The highest BCUT2D eigenvalue weighted by atomic mass is 19.1. The average molecular weight is 269 g/mol. The third-order valence-corrected chi connectivity index (χ3v) is 3.22. The molecule has 1 aliphatic rings. The van der Waals surface area contributed by atoms with Crippen LogP contribution in [-0.2, 0) is 0 Å². The molecule has 1 N–H and O–H groups in total. The SMILES string of the molecule is CCCCN1CC(Nc2cc(F)c(C=O)c(F)n2)C1. The van der Waals surface area contributed by atoms with E-state index in [1.54, 1.807) is 0 Å². The van der Waals surface area contributed by atoms with Crippen molar-refractivity contribution >= 4 is 12.1 Å². The Labute approximate surface area is 110 Å². The third-order valence-electron chi connectivity index (χ3n) is 3.22. The second-order valence-corrected chi connectivity index (χ2v) is 4.77. The molecule has 1 saturated heterocycles. The molecular formula is C13H17F2N3O. The predicted octanol–water partition coefficient (Wildman–Crippen LogP) is 2.07. The molecule has 0 aliphatic carbocycles. The van der Waals surface area contributed by atoms with Crippen molar-refractivity contribution in [2.45, 2.75) is 25.8 Å². The van der Waals surface area contributed by atoms with E-state index in [-0.39, 0.29) is 18.1 Å². The number of pyridine rings is 1. The molecule has 0 amide bonds. The molecule has 0 spiro atoms. The lowest BCUT2D eigenvalue weighted by atomic mass is 10.1. The van der Waals surface area contributed by atoms with Gasteiger partial charge in [0.05, 0.1) is 6.04 Å². The number of carbonyl (C=O) groups excluding carboxylic acids is 1. The van der Waals surface area contributed by atoms with Crippen molar-refractivity contribution in [1.29, 1.82) is 0 Å². The number of rotatable bonds is 6. The molecule has 0 radical (unpaired) electrons. The molecule has 0 atom stereocenters. The first-order valence-corrected chi connectivity index (χ1v) is 6.44. The maximum atomic E-state index is 13.4. The Morgan fingerprint density at radius 3 is 2.84 bits per heavy atom. The van der Waals surface area contributed by atoms with Crippen LogP contribution in [0.25, 0.3) is 0 Å². The number of nitrogens with zero attached hydrogens (tertiary/aromatic N) is 2. The van der Waals surface area contributed by atoms with Crippen LogP contribution in [0.5, 0.6) is 0 Å². The summed E-state index contributed by atoms with van der Waals surface area (Å²) in [7, 11) is 0. The van der Waals surface area contributed by atoms with E-state index in [2.05, 4.69) is 22.1 Å². The lowest BCUT2D eigenvalue weighted by molar-refractivity contribution is 0.111. The first-order valence-electron chi connectivity index (χ1n) is 6.44. The molecule has 1 aromatic rings. The average Bonchev–Trinajstić information content (AvgIpc) is 2.31. The predicted molar refractivity (Wildman–Crippen MR) is 68.3 cm³/mol. The van der Waals surface area contributed by atoms with Crippen molar-refractivity contribution in [1.82, 2.24) is 9.88 Å². The number of hydrogen-bond acceptors (Lipinski definition) is 4. The van der Waals surface area contributed by atoms with E-state index >= 15 is 0 Å². The van der Waals surface area contributed by atoms with Gasteiger partial charge in [-0.1, -0.05) is 13.3 Å². The Hall–Kier alpha value is -1.56. The number of aromatic nitrogens is 1. The summed E-state index contributed by atoms with van der Waals surface area (Å²) in [4.78, 5) is 16.3. The van der Waals surface area contributed by atoms with Gasteiger partial charge in [0.15, 0.2) is 6.29 Å². The van der Waals surface area contributed by atoms with Crippen LogP contribution in [0.3, 0.4) is 0 Å². The largest absolute Gasteiger partial charge is 0.365 e. The van der Waals surface area contributed by atoms with Gasteiger partial charge in [0.2, 0.25) is 5.95 Å². The quantitative estimate of drug-likeness (QED) is 0.634. The van der Waals surface area contributed by atoms with Gasteiger partial charge in [-0.3, -0.25) is 9.69 Å². The van der Waals surface area contributed by atoms with Crippen LogP contribution in [0, 0.1) is 11.8 Å². The fourth-order valence-corrected chi connectivity index (χ4v) is 2.11. The van der Waals surface area contributed by atoms with Crippen molar-refractivity contribution in [3.8, 4) is 0 Å². The second-order valence-electron chi connectivity index (χ2n) is 4.77. The van der Waals surface area contributed by atoms with E-state index in [1.807, 2.05) is 0 Å². The number of halogens is 2. The molecule has 2 heterocycles. The van der Waals surface area contributed by atoms with Crippen LogP contribution in [0.15, 0.2) is 6.07 Å². The topological polar surface area (TPSA) is 45.2 Å². The summed E-state index contributed by atoms with van der Waals surface area (Å²) in [6.07, 6.45) is 2.44. The van der Waals surface area contributed by atoms with Gasteiger partial charge in [0.25, 0.3) is 0 Å². The fourth-order valence-electron chi connectivity index (χ4n) is 2.11. The van der Waals surface area contributed by atoms with Crippen molar-refractivity contribution < 1.29 is 13.6 Å². The molecule has 1 fully saturated rings. The Bertz CT molecular complexity index is 438. The zero-order valence-electron chi connectivity index (χ0n) is 10.8. The van der Waals surface area contributed by atoms with Crippen LogP contribution >= 0.6 is 0 Å². The van der Waals surface area contributed by atoms with Gasteiger partial charge in [-0.2, -0.15) is 4.39 Å². The number of aldehydes is 1. The highest BCUT2D eigenvalue weighted by Crippen LogP contribution is 2.17. The monoisotopic (exact) mass is 269 g/mol. The summed E-state index contributed by atoms with van der Waals surface area (Å²) in [5.74, 6) is -1.81. The summed E-state index contributed by atoms with van der Waals surface area (Å²) in [5, 5.41) is 2.97. The molecule has 2 rings (SSSR count). The molecule has 0 unspecified atom stereocenters. The number of nitrogens with one attached hydrogen (secondary N) is 1. The molecule has 1 aromatic heterocycles. The van der Waals surface area contributed by atoms with Crippen LogP contribution in [-0.4, -0.2) is 41.8 Å². The van der Waals surface area contributed by atoms with Gasteiger partial charge >= 0.3 is 0 Å². The number of hydrogen-bond donors (Lipinski definition) is 1. The van der Waals surface area contributed by atoms with Crippen LogP contribution in [0.1, 0.15) is 30.1 Å². The van der Waals surface area contributed by atoms with Gasteiger partial charge in [-0.05, 0) is 13.0 Å². The smallest absolute Gasteiger partial charge is 0.228 e. The van der Waals surface area contributed by atoms with Gasteiger partial charge in [-0.25, -0.2) is 9.37 Å². The van der Waals surface area contributed by atoms with Crippen molar-refractivity contribution in [2.24, 2.45) is 0 Å². The van der Waals surface area contributed by atoms with Crippen LogP contribution in [0.2, 0.25) is 0 Å². The molecule has 6 heteroatoms. The molecule has 104 valence electrons. The Morgan fingerprint density at radius 2 is 2.26 bits per heavy atom. The highest BCUT2D eigenvalue weighted by molar-refractivity contribution is 5.75. The van der Waals surface area contributed by atoms with Gasteiger partial charge < -0.3 is 5.32 Å². The van der Waals surface area contributed by atoms with E-state index in [1.165, 1.54) is 0 Å². The van der Waals surface area contributed by atoms with E-state index in [0.717, 1.165) is 38.5 Å². The lowest BCUT2D eigenvalue weighted by Crippen LogP contribution is -2.54. The van der Waals surface area contributed by atoms with E-state index < -0.39 is 17.3 Å². The molecule has 1 aliphatic heterocycles. The molecule has 0 saturated carbocycles. The number of unbranched alkanes of at least 4 members (excludes halogenated alkanes) is 1. The first-order chi connectivity index (χ1) is 9.13. The molecular weight excluding hydrogens is 252 g/mol. The Balaban J connectivity index is 1.90. The van der Waals surface area contributed by atoms with Crippen LogP contribution in [0.4, 0.5) is 14.6 Å². The highest BCUT2D eigenvalue weighted by Gasteiger charge is 2.26. The van der Waals surface area contributed by atoms with E-state index in [0.29, 0.717) is 0 Å². The second kappa shape index (κ2) is 6.06. The fraction of sp³-hybridized carbons (Fsp3) is 0.538. The first kappa shape index (κ1) is 13.9. The third kappa shape index (κ3) is 3.26. The van der Waals surface area contributed by atoms with Gasteiger partial charge in [0, 0.05) is 19.2 Å². The standard InChI is InChI=1S/C13H17F2N3O/c1-2-3-4-18-6-9(7-18)16-12-5-11(14)10(8-19)13(15)17-12/h5,8-9H,2-4,6-7H2,1H3,(H,16,17). The molecule has 19 heavy (non-hydrogen) atoms. The Morgan fingerprint density at radius 1 is 1.53 bits per heavy atom. The number of likely N-dealkylation sites (tertiary alicyclic amines) is 1. The summed E-state index contributed by atoms with van der Waals surface area (Å²) in [5.41, 5.74) is -0.622. The zero-order chi connectivity index (χ0) is 13.8. The summed E-state index contributed by atoms with van der Waals surface area (Å²) in [6, 6.07) is 1.21. The normalized spacial score (nSPS) is 16.2. The summed E-state index contributed by atoms with van der Waals surface area (Å²) in [6.45, 7) is 4.88. The summed E-state index contributed by atoms with van der Waals surface area (Å²) < 4.78 is 26.7. The van der Waals surface area contributed by atoms with Crippen molar-refractivity contribution in [3.63, 3.8) is 0 Å². The minimum atomic E-state index is -1.07. The lowest BCUT2D eigenvalue weighted by Gasteiger charge is -2.39.